The van der Waals surface area contributed by atoms with Gasteiger partial charge in [0.15, 0.2) is 5.78 Å². The molecule has 116 valence electrons. The van der Waals surface area contributed by atoms with E-state index in [4.69, 9.17) is 0 Å². The molecule has 1 aromatic rings. The molecule has 0 amide bonds. The molecule has 1 N–H and O–H groups in total. The highest BCUT2D eigenvalue weighted by Gasteiger charge is 2.09. The molecule has 0 aliphatic heterocycles. The van der Waals surface area contributed by atoms with Gasteiger partial charge in [0.2, 0.25) is 10.0 Å². The molecule has 5 nitrogen and oxygen atoms in total. The van der Waals surface area contributed by atoms with E-state index < -0.39 is 10.0 Å². The lowest BCUT2D eigenvalue weighted by Crippen LogP contribution is -2.25. The number of rotatable bonds is 8. The number of nitrogens with one attached hydrogen (secondary N) is 1. The Morgan fingerprint density at radius 3 is 2.67 bits per heavy atom. The van der Waals surface area contributed by atoms with Crippen molar-refractivity contribution in [3.05, 3.63) is 47.7 Å². The fraction of sp³-hybridized carbons (Fsp3) is 0.400. The van der Waals surface area contributed by atoms with E-state index in [1.807, 2.05) is 21.0 Å². The molecule has 0 aliphatic carbocycles. The molecule has 1 rings (SSSR count). The smallest absolute Gasteiger partial charge is 0.211 e. The highest BCUT2D eigenvalue weighted by atomic mass is 32.2. The molecule has 0 saturated heterocycles. The first kappa shape index (κ1) is 17.4. The average Bonchev–Trinajstić information content (AvgIpc) is 2.43. The molecule has 0 aromatic heterocycles. The van der Waals surface area contributed by atoms with Gasteiger partial charge in [-0.05, 0) is 18.1 Å². The summed E-state index contributed by atoms with van der Waals surface area (Å²) in [5, 5.41) is 0. The molecule has 0 fully saturated rings. The minimum Gasteiger partial charge on any atom is -0.383 e. The first-order valence-corrected chi connectivity index (χ1v) is 8.44. The van der Waals surface area contributed by atoms with E-state index in [9.17, 15) is 13.2 Å². The normalized spacial score (nSPS) is 11.8. The number of nitrogens with zero attached hydrogens (tertiary/aromatic N) is 1. The molecular formula is C15H22N2O3S. The van der Waals surface area contributed by atoms with Crippen LogP contribution in [0.1, 0.15) is 29.3 Å². The van der Waals surface area contributed by atoms with Gasteiger partial charge in [-0.2, -0.15) is 0 Å². The minimum atomic E-state index is -3.24. The lowest BCUT2D eigenvalue weighted by Gasteiger charge is -2.07. The van der Waals surface area contributed by atoms with Gasteiger partial charge in [0.05, 0.1) is 5.75 Å². The standard InChI is InChI=1S/C15H22N2O3S/c1-4-10-21(19,20)16-12-13-6-5-7-14(11-13)15(18)8-9-17(2)3/h5-9,11,16H,4,10,12H2,1-3H3. The summed E-state index contributed by atoms with van der Waals surface area (Å²) < 4.78 is 25.7. The fourth-order valence-corrected chi connectivity index (χ4v) is 2.75. The number of ketones is 1. The summed E-state index contributed by atoms with van der Waals surface area (Å²) >= 11 is 0. The maximum Gasteiger partial charge on any atom is 0.211 e. The Morgan fingerprint density at radius 2 is 2.05 bits per heavy atom. The lowest BCUT2D eigenvalue weighted by molar-refractivity contribution is 0.104. The third-order valence-corrected chi connectivity index (χ3v) is 4.23. The van der Waals surface area contributed by atoms with Gasteiger partial charge in [-0.25, -0.2) is 13.1 Å². The van der Waals surface area contributed by atoms with Crippen molar-refractivity contribution in [3.63, 3.8) is 0 Å². The lowest BCUT2D eigenvalue weighted by atomic mass is 10.1. The molecule has 0 aliphatic rings. The van der Waals surface area contributed by atoms with E-state index in [1.54, 1.807) is 35.4 Å². The van der Waals surface area contributed by atoms with Crippen molar-refractivity contribution in [3.8, 4) is 0 Å². The molecule has 0 spiro atoms. The zero-order chi connectivity index (χ0) is 15.9. The summed E-state index contributed by atoms with van der Waals surface area (Å²) in [6, 6.07) is 6.96. The van der Waals surface area contributed by atoms with Gasteiger partial charge < -0.3 is 4.90 Å². The molecule has 0 bridgehead atoms. The Kier molecular flexibility index (Phi) is 6.58. The average molecular weight is 310 g/mol. The summed E-state index contributed by atoms with van der Waals surface area (Å²) in [4.78, 5) is 13.7. The van der Waals surface area contributed by atoms with Crippen LogP contribution in [0.15, 0.2) is 36.5 Å². The third kappa shape index (κ3) is 6.55. The first-order valence-electron chi connectivity index (χ1n) is 6.79. The van der Waals surface area contributed by atoms with E-state index in [1.165, 1.54) is 6.08 Å². The molecule has 21 heavy (non-hydrogen) atoms. The van der Waals surface area contributed by atoms with Gasteiger partial charge in [-0.3, -0.25) is 4.79 Å². The van der Waals surface area contributed by atoms with Crippen LogP contribution in [0, 0.1) is 0 Å². The highest BCUT2D eigenvalue weighted by molar-refractivity contribution is 7.89. The van der Waals surface area contributed by atoms with Gasteiger partial charge >= 0.3 is 0 Å². The van der Waals surface area contributed by atoms with Crippen LogP contribution in [0.3, 0.4) is 0 Å². The second-order valence-corrected chi connectivity index (χ2v) is 6.91. The number of sulfonamides is 1. The van der Waals surface area contributed by atoms with Crippen molar-refractivity contribution < 1.29 is 13.2 Å². The SMILES string of the molecule is CCCS(=O)(=O)NCc1cccc(C(=O)C=CN(C)C)c1. The molecular weight excluding hydrogens is 288 g/mol. The topological polar surface area (TPSA) is 66.5 Å². The van der Waals surface area contributed by atoms with E-state index in [-0.39, 0.29) is 18.1 Å². The van der Waals surface area contributed by atoms with Crippen LogP contribution in [-0.2, 0) is 16.6 Å². The Balaban J connectivity index is 2.75. The van der Waals surface area contributed by atoms with Crippen LogP contribution in [-0.4, -0.2) is 38.9 Å². The van der Waals surface area contributed by atoms with Gasteiger partial charge in [0, 0.05) is 38.5 Å². The summed E-state index contributed by atoms with van der Waals surface area (Å²) in [6.07, 6.45) is 3.74. The Hall–Kier alpha value is -1.66. The van der Waals surface area contributed by atoms with E-state index in [0.29, 0.717) is 12.0 Å². The molecule has 6 heteroatoms. The molecule has 0 saturated carbocycles. The Bertz CT molecular complexity index is 607. The minimum absolute atomic E-state index is 0.108. The third-order valence-electron chi connectivity index (χ3n) is 2.70. The van der Waals surface area contributed by atoms with Crippen molar-refractivity contribution in [2.45, 2.75) is 19.9 Å². The van der Waals surface area contributed by atoms with E-state index >= 15 is 0 Å². The first-order chi connectivity index (χ1) is 9.84. The number of allylic oxidation sites excluding steroid dienone is 1. The number of carbonyl (C=O) groups excluding carboxylic acids is 1. The fourth-order valence-electron chi connectivity index (χ4n) is 1.68. The predicted octanol–water partition coefficient (Wildman–Crippen LogP) is 1.77. The van der Waals surface area contributed by atoms with Crippen LogP contribution in [0.5, 0.6) is 0 Å². The van der Waals surface area contributed by atoms with Crippen molar-refractivity contribution in [1.29, 1.82) is 0 Å². The highest BCUT2D eigenvalue weighted by Crippen LogP contribution is 2.07. The predicted molar refractivity (Wildman–Crippen MR) is 84.5 cm³/mol. The van der Waals surface area contributed by atoms with E-state index in [2.05, 4.69) is 4.72 Å². The number of benzene rings is 1. The second kappa shape index (κ2) is 7.95. The Morgan fingerprint density at radius 1 is 1.33 bits per heavy atom. The van der Waals surface area contributed by atoms with E-state index in [0.717, 1.165) is 5.56 Å². The zero-order valence-electron chi connectivity index (χ0n) is 12.7. The van der Waals surface area contributed by atoms with Crippen molar-refractivity contribution in [2.24, 2.45) is 0 Å². The van der Waals surface area contributed by atoms with Crippen LogP contribution in [0.4, 0.5) is 0 Å². The van der Waals surface area contributed by atoms with Crippen molar-refractivity contribution in [2.75, 3.05) is 19.8 Å². The van der Waals surface area contributed by atoms with Gasteiger partial charge in [0.1, 0.15) is 0 Å². The maximum atomic E-state index is 12.0. The molecule has 0 unspecified atom stereocenters. The summed E-state index contributed by atoms with van der Waals surface area (Å²) in [6.45, 7) is 2.01. The molecule has 0 atom stereocenters. The quantitative estimate of drug-likeness (QED) is 0.587. The number of carbonyl (C=O) groups is 1. The largest absolute Gasteiger partial charge is 0.383 e. The van der Waals surface area contributed by atoms with Gasteiger partial charge in [0.25, 0.3) is 0 Å². The molecule has 0 radical (unpaired) electrons. The summed E-state index contributed by atoms with van der Waals surface area (Å²) in [7, 11) is 0.432. The maximum absolute atomic E-state index is 12.0. The summed E-state index contributed by atoms with van der Waals surface area (Å²) in [5.41, 5.74) is 1.30. The van der Waals surface area contributed by atoms with Crippen LogP contribution in [0.25, 0.3) is 0 Å². The van der Waals surface area contributed by atoms with Gasteiger partial charge in [-0.15, -0.1) is 0 Å². The number of hydrogen-bond donors (Lipinski definition) is 1. The van der Waals surface area contributed by atoms with Crippen LogP contribution >= 0.6 is 0 Å². The van der Waals surface area contributed by atoms with Crippen molar-refractivity contribution >= 4 is 15.8 Å². The van der Waals surface area contributed by atoms with Crippen LogP contribution in [0.2, 0.25) is 0 Å². The van der Waals surface area contributed by atoms with Crippen molar-refractivity contribution in [1.82, 2.24) is 9.62 Å². The molecule has 0 heterocycles. The molecule has 1 aromatic carbocycles. The second-order valence-electron chi connectivity index (χ2n) is 4.98. The number of hydrogen-bond acceptors (Lipinski definition) is 4. The van der Waals surface area contributed by atoms with Crippen LogP contribution < -0.4 is 4.72 Å². The zero-order valence-corrected chi connectivity index (χ0v) is 13.5. The van der Waals surface area contributed by atoms with Gasteiger partial charge in [-0.1, -0.05) is 25.1 Å². The monoisotopic (exact) mass is 310 g/mol. The summed E-state index contributed by atoms with van der Waals surface area (Å²) in [5.74, 6) is -0.000964. The Labute approximate surface area is 126 Å².